The van der Waals surface area contributed by atoms with Gasteiger partial charge < -0.3 is 14.6 Å². The molecule has 1 amide bonds. The van der Waals surface area contributed by atoms with E-state index in [1.165, 1.54) is 36.4 Å². The minimum absolute atomic E-state index is 0.111. The maximum atomic E-state index is 12.4. The van der Waals surface area contributed by atoms with Gasteiger partial charge in [0.1, 0.15) is 5.15 Å². The van der Waals surface area contributed by atoms with Crippen LogP contribution in [0.4, 0.5) is 0 Å². The Morgan fingerprint density at radius 1 is 1.33 bits per heavy atom. The van der Waals surface area contributed by atoms with Crippen molar-refractivity contribution in [3.05, 3.63) is 52.2 Å². The van der Waals surface area contributed by atoms with Crippen molar-refractivity contribution in [2.75, 3.05) is 19.6 Å². The lowest BCUT2D eigenvalue weighted by molar-refractivity contribution is -0.936. The lowest BCUT2D eigenvalue weighted by Gasteiger charge is -2.30. The van der Waals surface area contributed by atoms with Gasteiger partial charge in [0.15, 0.2) is 11.8 Å². The number of carbonyl (C=O) groups is 1. The first kappa shape index (κ1) is 17.3. The SMILES string of the molecule is O=C(NC[C@H](c1ccco1)[NH+]1CCCCC1)c1cnc(Cl)c(Cl)c1. The maximum Gasteiger partial charge on any atom is 0.253 e. The molecule has 0 aliphatic carbocycles. The van der Waals surface area contributed by atoms with Gasteiger partial charge in [-0.05, 0) is 37.5 Å². The fraction of sp³-hybridized carbons (Fsp3) is 0.412. The van der Waals surface area contributed by atoms with Crippen LogP contribution in [0, 0.1) is 0 Å². The first-order valence-corrected chi connectivity index (χ1v) is 8.88. The molecule has 2 aromatic heterocycles. The lowest BCUT2D eigenvalue weighted by atomic mass is 10.1. The van der Waals surface area contributed by atoms with Crippen LogP contribution < -0.4 is 10.2 Å². The van der Waals surface area contributed by atoms with Crippen LogP contribution >= 0.6 is 23.2 Å². The van der Waals surface area contributed by atoms with Crippen molar-refractivity contribution in [1.29, 1.82) is 0 Å². The minimum atomic E-state index is -0.214. The van der Waals surface area contributed by atoms with E-state index >= 15 is 0 Å². The molecule has 3 rings (SSSR count). The summed E-state index contributed by atoms with van der Waals surface area (Å²) in [6, 6.07) is 5.50. The number of piperidine rings is 1. The summed E-state index contributed by atoms with van der Waals surface area (Å²) in [4.78, 5) is 17.7. The highest BCUT2D eigenvalue weighted by Gasteiger charge is 2.28. The van der Waals surface area contributed by atoms with Crippen molar-refractivity contribution in [2.24, 2.45) is 0 Å². The number of aromatic nitrogens is 1. The van der Waals surface area contributed by atoms with Crippen LogP contribution in [0.3, 0.4) is 0 Å². The fourth-order valence-electron chi connectivity index (χ4n) is 3.13. The van der Waals surface area contributed by atoms with Crippen LogP contribution in [0.5, 0.6) is 0 Å². The van der Waals surface area contributed by atoms with Crippen molar-refractivity contribution in [3.63, 3.8) is 0 Å². The second-order valence-electron chi connectivity index (χ2n) is 5.99. The highest BCUT2D eigenvalue weighted by Crippen LogP contribution is 2.19. The van der Waals surface area contributed by atoms with Gasteiger partial charge >= 0.3 is 0 Å². The zero-order valence-corrected chi connectivity index (χ0v) is 14.7. The summed E-state index contributed by atoms with van der Waals surface area (Å²) in [7, 11) is 0. The molecule has 1 saturated heterocycles. The normalized spacial score (nSPS) is 16.8. The highest BCUT2D eigenvalue weighted by atomic mass is 35.5. The molecule has 7 heteroatoms. The van der Waals surface area contributed by atoms with Gasteiger partial charge in [0.2, 0.25) is 0 Å². The van der Waals surface area contributed by atoms with Crippen LogP contribution in [0.15, 0.2) is 35.1 Å². The van der Waals surface area contributed by atoms with Gasteiger partial charge in [0.05, 0.1) is 36.5 Å². The van der Waals surface area contributed by atoms with E-state index < -0.39 is 0 Å². The molecule has 1 aliphatic heterocycles. The quantitative estimate of drug-likeness (QED) is 0.797. The molecule has 0 saturated carbocycles. The van der Waals surface area contributed by atoms with Gasteiger partial charge in [-0.3, -0.25) is 4.79 Å². The number of likely N-dealkylation sites (tertiary alicyclic amines) is 1. The Kier molecular flexibility index (Phi) is 5.76. The molecule has 0 unspecified atom stereocenters. The van der Waals surface area contributed by atoms with Crippen LogP contribution in [0.1, 0.15) is 41.4 Å². The maximum absolute atomic E-state index is 12.4. The number of furan rings is 1. The summed E-state index contributed by atoms with van der Waals surface area (Å²) in [5, 5.41) is 3.44. The van der Waals surface area contributed by atoms with Crippen LogP contribution in [0.2, 0.25) is 10.2 Å². The largest absolute Gasteiger partial charge is 0.463 e. The second kappa shape index (κ2) is 8.01. The van der Waals surface area contributed by atoms with Crippen LogP contribution in [-0.2, 0) is 0 Å². The van der Waals surface area contributed by atoms with Crippen molar-refractivity contribution in [1.82, 2.24) is 10.3 Å². The molecule has 128 valence electrons. The number of pyridine rings is 1. The monoisotopic (exact) mass is 368 g/mol. The Hall–Kier alpha value is -1.56. The van der Waals surface area contributed by atoms with E-state index in [9.17, 15) is 4.79 Å². The molecule has 1 fully saturated rings. The Labute approximate surface area is 150 Å². The molecule has 5 nitrogen and oxygen atoms in total. The molecule has 0 aromatic carbocycles. The van der Waals surface area contributed by atoms with E-state index in [0.29, 0.717) is 12.1 Å². The van der Waals surface area contributed by atoms with Gasteiger partial charge in [-0.25, -0.2) is 4.98 Å². The first-order valence-electron chi connectivity index (χ1n) is 8.12. The fourth-order valence-corrected chi connectivity index (χ4v) is 3.40. The number of amides is 1. The van der Waals surface area contributed by atoms with Crippen LogP contribution in [-0.4, -0.2) is 30.5 Å². The molecule has 3 heterocycles. The highest BCUT2D eigenvalue weighted by molar-refractivity contribution is 6.41. The number of hydrogen-bond acceptors (Lipinski definition) is 3. The van der Waals surface area contributed by atoms with Gasteiger partial charge in [0, 0.05) is 6.20 Å². The number of nitrogens with one attached hydrogen (secondary N) is 2. The molecule has 0 bridgehead atoms. The molecular weight excluding hydrogens is 349 g/mol. The van der Waals surface area contributed by atoms with Crippen LogP contribution in [0.25, 0.3) is 0 Å². The number of hydrogen-bond donors (Lipinski definition) is 2. The molecule has 1 aliphatic rings. The molecule has 1 atom stereocenters. The van der Waals surface area contributed by atoms with E-state index in [4.69, 9.17) is 27.6 Å². The number of carbonyl (C=O) groups excluding carboxylic acids is 1. The van der Waals surface area contributed by atoms with Crippen molar-refractivity contribution >= 4 is 29.1 Å². The van der Waals surface area contributed by atoms with Gasteiger partial charge in [-0.15, -0.1) is 0 Å². The number of nitrogens with zero attached hydrogens (tertiary/aromatic N) is 1. The zero-order chi connectivity index (χ0) is 16.9. The Morgan fingerprint density at radius 3 is 2.79 bits per heavy atom. The average Bonchev–Trinajstić information content (AvgIpc) is 3.12. The predicted molar refractivity (Wildman–Crippen MR) is 92.6 cm³/mol. The number of quaternary nitrogens is 1. The Bertz CT molecular complexity index is 685. The van der Waals surface area contributed by atoms with Crippen molar-refractivity contribution < 1.29 is 14.1 Å². The van der Waals surface area contributed by atoms with E-state index in [2.05, 4.69) is 10.3 Å². The van der Waals surface area contributed by atoms with Crippen molar-refractivity contribution in [3.8, 4) is 0 Å². The molecular formula is C17H20Cl2N3O2+. The van der Waals surface area contributed by atoms with E-state index in [1.807, 2.05) is 12.1 Å². The average molecular weight is 369 g/mol. The third-order valence-corrected chi connectivity index (χ3v) is 5.09. The zero-order valence-electron chi connectivity index (χ0n) is 13.2. The standard InChI is InChI=1S/C17H19Cl2N3O2/c18-13-9-12(10-20-16(13)19)17(23)21-11-14(15-5-4-8-24-15)22-6-2-1-3-7-22/h4-5,8-10,14H,1-3,6-7,11H2,(H,21,23)/p+1/t14-/m1/s1. The topological polar surface area (TPSA) is 59.6 Å². The lowest BCUT2D eigenvalue weighted by Crippen LogP contribution is -3.13. The molecule has 0 radical (unpaired) electrons. The van der Waals surface area contributed by atoms with Gasteiger partial charge in [-0.1, -0.05) is 23.2 Å². The number of rotatable bonds is 5. The van der Waals surface area contributed by atoms with E-state index in [0.717, 1.165) is 18.8 Å². The molecule has 24 heavy (non-hydrogen) atoms. The summed E-state index contributed by atoms with van der Waals surface area (Å²) in [6.07, 6.45) is 6.79. The summed E-state index contributed by atoms with van der Waals surface area (Å²) in [5.74, 6) is 0.688. The third-order valence-electron chi connectivity index (χ3n) is 4.40. The summed E-state index contributed by atoms with van der Waals surface area (Å²) < 4.78 is 5.60. The molecule has 2 aromatic rings. The molecule has 2 N–H and O–H groups in total. The van der Waals surface area contributed by atoms with Crippen molar-refractivity contribution in [2.45, 2.75) is 25.3 Å². The van der Waals surface area contributed by atoms with Gasteiger partial charge in [0.25, 0.3) is 5.91 Å². The smallest absolute Gasteiger partial charge is 0.253 e. The summed E-state index contributed by atoms with van der Waals surface area (Å²) >= 11 is 11.7. The first-order chi connectivity index (χ1) is 11.6. The van der Waals surface area contributed by atoms with E-state index in [1.54, 1.807) is 6.26 Å². The number of halogens is 2. The Balaban J connectivity index is 1.68. The minimum Gasteiger partial charge on any atom is -0.463 e. The summed E-state index contributed by atoms with van der Waals surface area (Å²) in [5.41, 5.74) is 0.399. The third kappa shape index (κ3) is 4.09. The second-order valence-corrected chi connectivity index (χ2v) is 6.76. The van der Waals surface area contributed by atoms with Gasteiger partial charge in [-0.2, -0.15) is 0 Å². The van der Waals surface area contributed by atoms with E-state index in [-0.39, 0.29) is 22.1 Å². The summed E-state index contributed by atoms with van der Waals surface area (Å²) in [6.45, 7) is 2.69. The predicted octanol–water partition coefficient (Wildman–Crippen LogP) is 2.52. The molecule has 0 spiro atoms. The Morgan fingerprint density at radius 2 is 2.12 bits per heavy atom.